The Labute approximate surface area is 113 Å². The van der Waals surface area contributed by atoms with E-state index in [2.05, 4.69) is 4.74 Å². The van der Waals surface area contributed by atoms with Crippen molar-refractivity contribution in [3.63, 3.8) is 0 Å². The minimum atomic E-state index is -0.788. The highest BCUT2D eigenvalue weighted by Crippen LogP contribution is 2.41. The molecule has 0 unspecified atom stereocenters. The second-order valence-electron chi connectivity index (χ2n) is 3.99. The van der Waals surface area contributed by atoms with Gasteiger partial charge in [0.15, 0.2) is 23.0 Å². The second kappa shape index (κ2) is 4.69. The average molecular weight is 278 g/mol. The number of Topliss-reactive ketones (excluding diaryl/α,β-unsaturated/α-hetero) is 1. The largest absolute Gasteiger partial charge is 0.507 e. The molecule has 0 atom stereocenters. The highest BCUT2D eigenvalue weighted by atomic mass is 16.5. The van der Waals surface area contributed by atoms with Crippen LogP contribution in [0.1, 0.15) is 27.6 Å². The molecule has 0 saturated heterocycles. The molecule has 1 aromatic rings. The number of carbonyl (C=O) groups excluding carboxylic acids is 3. The maximum absolute atomic E-state index is 12.0. The van der Waals surface area contributed by atoms with Crippen molar-refractivity contribution >= 4 is 17.5 Å². The number of phenolic OH excluding ortho intramolecular Hbond substituents is 2. The van der Waals surface area contributed by atoms with Crippen LogP contribution >= 0.6 is 0 Å². The fourth-order valence-corrected chi connectivity index (χ4v) is 1.87. The van der Waals surface area contributed by atoms with Gasteiger partial charge in [0, 0.05) is 19.1 Å². The van der Waals surface area contributed by atoms with E-state index < -0.39 is 40.3 Å². The lowest BCUT2D eigenvalue weighted by molar-refractivity contribution is -0.132. The van der Waals surface area contributed by atoms with Crippen LogP contribution in [0.15, 0.2) is 17.9 Å². The van der Waals surface area contributed by atoms with Crippen LogP contribution in [0.4, 0.5) is 0 Å². The van der Waals surface area contributed by atoms with Crippen LogP contribution in [-0.2, 0) is 9.53 Å². The van der Waals surface area contributed by atoms with Gasteiger partial charge in [0.1, 0.15) is 5.75 Å². The van der Waals surface area contributed by atoms with Crippen molar-refractivity contribution in [1.29, 1.82) is 0 Å². The standard InChI is InChI=1S/C13H10O7/c1-5(14)20-9-4-7(16)10-6(15)3-8(19-2)12(17)11(10)13(9)18/h3-4,16,18H,1-2H3. The Morgan fingerprint density at radius 1 is 1.20 bits per heavy atom. The number of ketones is 2. The van der Waals surface area contributed by atoms with E-state index in [-0.39, 0.29) is 11.3 Å². The number of allylic oxidation sites excluding steroid dienone is 2. The summed E-state index contributed by atoms with van der Waals surface area (Å²) in [4.78, 5) is 34.8. The number of carbonyl (C=O) groups is 3. The maximum atomic E-state index is 12.0. The van der Waals surface area contributed by atoms with Gasteiger partial charge in [-0.3, -0.25) is 14.4 Å². The normalized spacial score (nSPS) is 13.6. The summed E-state index contributed by atoms with van der Waals surface area (Å²) in [6, 6.07) is 0.895. The van der Waals surface area contributed by atoms with Crippen LogP contribution in [0, 0.1) is 0 Å². The van der Waals surface area contributed by atoms with Crippen LogP contribution in [0.5, 0.6) is 17.2 Å². The Kier molecular flexibility index (Phi) is 3.19. The number of methoxy groups -OCH3 is 1. The van der Waals surface area contributed by atoms with E-state index in [4.69, 9.17) is 4.74 Å². The van der Waals surface area contributed by atoms with Gasteiger partial charge < -0.3 is 19.7 Å². The van der Waals surface area contributed by atoms with Crippen molar-refractivity contribution < 1.29 is 34.1 Å². The molecule has 2 N–H and O–H groups in total. The number of phenols is 2. The van der Waals surface area contributed by atoms with E-state index in [9.17, 15) is 24.6 Å². The van der Waals surface area contributed by atoms with Gasteiger partial charge in [-0.15, -0.1) is 0 Å². The quantitative estimate of drug-likeness (QED) is 0.470. The number of benzene rings is 1. The van der Waals surface area contributed by atoms with Crippen molar-refractivity contribution in [2.24, 2.45) is 0 Å². The monoisotopic (exact) mass is 278 g/mol. The third-order valence-electron chi connectivity index (χ3n) is 2.68. The predicted molar refractivity (Wildman–Crippen MR) is 64.8 cm³/mol. The summed E-state index contributed by atoms with van der Waals surface area (Å²) in [5, 5.41) is 19.7. The summed E-state index contributed by atoms with van der Waals surface area (Å²) in [5.74, 6) is -4.20. The molecule has 0 aromatic heterocycles. The fourth-order valence-electron chi connectivity index (χ4n) is 1.87. The number of hydrogen-bond donors (Lipinski definition) is 2. The Morgan fingerprint density at radius 3 is 2.40 bits per heavy atom. The van der Waals surface area contributed by atoms with Crippen LogP contribution in [0.25, 0.3) is 0 Å². The third-order valence-corrected chi connectivity index (χ3v) is 2.68. The van der Waals surface area contributed by atoms with Gasteiger partial charge in [0.05, 0.1) is 18.2 Å². The van der Waals surface area contributed by atoms with Crippen molar-refractivity contribution in [3.8, 4) is 17.2 Å². The minimum absolute atomic E-state index is 0.280. The van der Waals surface area contributed by atoms with Crippen molar-refractivity contribution in [2.75, 3.05) is 7.11 Å². The Bertz CT molecular complexity index is 670. The lowest BCUT2D eigenvalue weighted by atomic mass is 9.91. The van der Waals surface area contributed by atoms with Gasteiger partial charge in [-0.25, -0.2) is 0 Å². The first-order chi connectivity index (χ1) is 9.36. The van der Waals surface area contributed by atoms with E-state index in [0.29, 0.717) is 0 Å². The molecule has 1 aromatic carbocycles. The molecule has 1 aliphatic rings. The summed E-state index contributed by atoms with van der Waals surface area (Å²) in [7, 11) is 1.19. The zero-order valence-corrected chi connectivity index (χ0v) is 10.6. The van der Waals surface area contributed by atoms with Crippen LogP contribution in [0.2, 0.25) is 0 Å². The van der Waals surface area contributed by atoms with E-state index in [0.717, 1.165) is 19.1 Å². The van der Waals surface area contributed by atoms with E-state index in [1.807, 2.05) is 0 Å². The average Bonchev–Trinajstić information content (AvgIpc) is 2.37. The number of rotatable bonds is 2. The van der Waals surface area contributed by atoms with Crippen LogP contribution < -0.4 is 4.74 Å². The second-order valence-corrected chi connectivity index (χ2v) is 3.99. The summed E-state index contributed by atoms with van der Waals surface area (Å²) in [5.41, 5.74) is -0.810. The lowest BCUT2D eigenvalue weighted by Crippen LogP contribution is -2.19. The molecular weight excluding hydrogens is 268 g/mol. The van der Waals surface area contributed by atoms with Gasteiger partial charge in [0.25, 0.3) is 0 Å². The maximum Gasteiger partial charge on any atom is 0.308 e. The molecule has 0 amide bonds. The number of ether oxygens (including phenoxy) is 2. The van der Waals surface area contributed by atoms with E-state index in [1.54, 1.807) is 0 Å². The first-order valence-corrected chi connectivity index (χ1v) is 5.48. The van der Waals surface area contributed by atoms with Crippen LogP contribution in [0.3, 0.4) is 0 Å². The van der Waals surface area contributed by atoms with Gasteiger partial charge in [-0.2, -0.15) is 0 Å². The fraction of sp³-hybridized carbons (Fsp3) is 0.154. The molecule has 104 valence electrons. The number of fused-ring (bicyclic) bond motifs is 1. The topological polar surface area (TPSA) is 110 Å². The Hall–Kier alpha value is -2.83. The van der Waals surface area contributed by atoms with Crippen molar-refractivity contribution in [3.05, 3.63) is 29.0 Å². The van der Waals surface area contributed by atoms with E-state index in [1.165, 1.54) is 7.11 Å². The zero-order valence-electron chi connectivity index (χ0n) is 10.6. The molecule has 0 spiro atoms. The molecule has 7 nitrogen and oxygen atoms in total. The highest BCUT2D eigenvalue weighted by molar-refractivity contribution is 6.26. The molecule has 0 heterocycles. The Morgan fingerprint density at radius 2 is 1.85 bits per heavy atom. The van der Waals surface area contributed by atoms with Gasteiger partial charge >= 0.3 is 5.97 Å². The molecule has 20 heavy (non-hydrogen) atoms. The summed E-state index contributed by atoms with van der Waals surface area (Å²) >= 11 is 0. The molecule has 0 radical (unpaired) electrons. The van der Waals surface area contributed by atoms with E-state index >= 15 is 0 Å². The number of esters is 1. The predicted octanol–water partition coefficient (Wildman–Crippen LogP) is 0.932. The molecule has 0 bridgehead atoms. The van der Waals surface area contributed by atoms with Gasteiger partial charge in [-0.1, -0.05) is 0 Å². The van der Waals surface area contributed by atoms with Crippen molar-refractivity contribution in [2.45, 2.75) is 6.92 Å². The smallest absolute Gasteiger partial charge is 0.308 e. The summed E-state index contributed by atoms with van der Waals surface area (Å²) in [6.45, 7) is 1.09. The molecule has 0 fully saturated rings. The first kappa shape index (κ1) is 13.6. The molecule has 1 aliphatic carbocycles. The van der Waals surface area contributed by atoms with Gasteiger partial charge in [-0.05, 0) is 0 Å². The minimum Gasteiger partial charge on any atom is -0.507 e. The zero-order chi connectivity index (χ0) is 15.0. The molecule has 2 rings (SSSR count). The highest BCUT2D eigenvalue weighted by Gasteiger charge is 2.34. The van der Waals surface area contributed by atoms with Gasteiger partial charge in [0.2, 0.25) is 5.78 Å². The Balaban J connectivity index is 2.71. The van der Waals surface area contributed by atoms with Crippen molar-refractivity contribution in [1.82, 2.24) is 0 Å². The number of hydrogen-bond acceptors (Lipinski definition) is 7. The number of aromatic hydroxyl groups is 2. The third kappa shape index (κ3) is 1.99. The first-order valence-electron chi connectivity index (χ1n) is 5.48. The lowest BCUT2D eigenvalue weighted by Gasteiger charge is -2.18. The SMILES string of the molecule is COC1=CC(=O)c2c(O)cc(OC(C)=O)c(O)c2C1=O. The molecule has 0 saturated carbocycles. The summed E-state index contributed by atoms with van der Waals surface area (Å²) < 4.78 is 9.41. The molecule has 0 aliphatic heterocycles. The molecular formula is C13H10O7. The van der Waals surface area contributed by atoms with Crippen LogP contribution in [-0.4, -0.2) is 34.9 Å². The summed E-state index contributed by atoms with van der Waals surface area (Å²) in [6.07, 6.45) is 0.912. The molecule has 7 heteroatoms.